The van der Waals surface area contributed by atoms with Gasteiger partial charge in [0.25, 0.3) is 8.32 Å². The Balaban J connectivity index is 0.000000277. The zero-order valence-corrected chi connectivity index (χ0v) is 30.5. The van der Waals surface area contributed by atoms with Crippen LogP contribution in [0.4, 0.5) is 0 Å². The smallest absolute Gasteiger partial charge is 0.261 e. The summed E-state index contributed by atoms with van der Waals surface area (Å²) in [4.78, 5) is 0. The summed E-state index contributed by atoms with van der Waals surface area (Å²) >= 11 is 7.21. The van der Waals surface area contributed by atoms with Gasteiger partial charge >= 0.3 is 0 Å². The maximum absolute atomic E-state index is 7.92. The quantitative estimate of drug-likeness (QED) is 0.0571. The molecule has 0 unspecified atom stereocenters. The number of halogens is 1. The van der Waals surface area contributed by atoms with Crippen molar-refractivity contribution in [1.29, 1.82) is 0 Å². The molecule has 4 rings (SSSR count). The van der Waals surface area contributed by atoms with Gasteiger partial charge in [-0.1, -0.05) is 163 Å². The van der Waals surface area contributed by atoms with Crippen LogP contribution in [0.5, 0.6) is 0 Å². The Morgan fingerprint density at radius 3 is 1.16 bits per heavy atom. The van der Waals surface area contributed by atoms with Crippen molar-refractivity contribution in [3.05, 3.63) is 121 Å². The lowest BCUT2D eigenvalue weighted by molar-refractivity contribution is 0.293. The minimum atomic E-state index is -2.38. The van der Waals surface area contributed by atoms with Crippen LogP contribution in [0.3, 0.4) is 0 Å². The summed E-state index contributed by atoms with van der Waals surface area (Å²) in [6, 6.07) is 42.3. The van der Waals surface area contributed by atoms with Gasteiger partial charge in [-0.2, -0.15) is 11.1 Å². The maximum atomic E-state index is 7.92. The summed E-state index contributed by atoms with van der Waals surface area (Å²) in [6.07, 6.45) is 0. The maximum Gasteiger partial charge on any atom is 0.261 e. The number of nitrogens with one attached hydrogen (secondary N) is 2. The lowest BCUT2D eigenvalue weighted by Gasteiger charge is -2.43. The van der Waals surface area contributed by atoms with Gasteiger partial charge in [-0.05, 0) is 30.8 Å². The number of hydrogen-bond donors (Lipinski definition) is 5. The average molecular weight is 665 g/mol. The number of rotatable bonds is 10. The van der Waals surface area contributed by atoms with Gasteiger partial charge in [0, 0.05) is 19.7 Å². The van der Waals surface area contributed by atoms with Gasteiger partial charge in [-0.15, -0.1) is 0 Å². The zero-order valence-electron chi connectivity index (χ0n) is 27.8. The molecule has 0 atom stereocenters. The second kappa shape index (κ2) is 18.5. The van der Waals surface area contributed by atoms with E-state index in [0.717, 1.165) is 0 Å². The Morgan fingerprint density at radius 2 is 0.911 bits per heavy atom. The standard InChI is InChI=1S/C18H26N2OSi.C16H19ClSi.C2H8N2O/c1-18(2,3)22(21-15-14-20-19,16-10-6-4-7-11-16)17-12-8-5-9-13-17;1-16(2,3)18(17,14-10-6-4-7-11-14)15-12-8-5-9-13-15;3-4-1-2-5/h4-13,20H,14-15,19H2,1-3H3;4-13H,1-3H3;4-5H,1-3H2. The van der Waals surface area contributed by atoms with E-state index in [9.17, 15) is 0 Å². The summed E-state index contributed by atoms with van der Waals surface area (Å²) in [5.74, 6) is 10.2. The molecular weight excluding hydrogens is 612 g/mol. The lowest BCUT2D eigenvalue weighted by atomic mass is 10.2. The highest BCUT2D eigenvalue weighted by atomic mass is 35.6. The third-order valence-electron chi connectivity index (χ3n) is 7.61. The monoisotopic (exact) mass is 664 g/mol. The van der Waals surface area contributed by atoms with Crippen molar-refractivity contribution in [1.82, 2.24) is 10.9 Å². The number of benzene rings is 4. The van der Waals surface area contributed by atoms with E-state index in [0.29, 0.717) is 19.7 Å². The molecule has 0 aromatic heterocycles. The lowest BCUT2D eigenvalue weighted by Crippen LogP contribution is -2.67. The minimum Gasteiger partial charge on any atom is -0.406 e. The van der Waals surface area contributed by atoms with E-state index in [1.807, 2.05) is 12.1 Å². The first-order chi connectivity index (χ1) is 21.4. The molecule has 0 radical (unpaired) electrons. The SMILES string of the molecule is CC(C)(C)[Si](Cl)(c1ccccc1)c1ccccc1.CC(C)(C)[Si](OCCNN)(c1ccccc1)c1ccccc1.NNCCO. The molecule has 9 heteroatoms. The first kappa shape index (κ1) is 38.5. The third-order valence-corrected chi connectivity index (χ3v) is 20.0. The molecule has 244 valence electrons. The molecule has 0 spiro atoms. The Hall–Kier alpha value is -2.64. The van der Waals surface area contributed by atoms with Crippen molar-refractivity contribution in [3.8, 4) is 0 Å². The Labute approximate surface area is 278 Å². The van der Waals surface area contributed by atoms with Crippen LogP contribution in [0, 0.1) is 0 Å². The fourth-order valence-electron chi connectivity index (χ4n) is 5.46. The number of aliphatic hydroxyl groups is 1. The van der Waals surface area contributed by atoms with Crippen molar-refractivity contribution in [2.45, 2.75) is 51.6 Å². The van der Waals surface area contributed by atoms with Crippen LogP contribution in [0.15, 0.2) is 121 Å². The minimum absolute atomic E-state index is 0.0182. The average Bonchev–Trinajstić information content (AvgIpc) is 3.04. The predicted molar refractivity (Wildman–Crippen MR) is 199 cm³/mol. The molecule has 0 saturated heterocycles. The highest BCUT2D eigenvalue weighted by molar-refractivity contribution is 7.35. The molecule has 0 aliphatic heterocycles. The summed E-state index contributed by atoms with van der Waals surface area (Å²) in [6.45, 7) is 15.4. The normalized spacial score (nSPS) is 12.0. The topological polar surface area (TPSA) is 106 Å². The highest BCUT2D eigenvalue weighted by Crippen LogP contribution is 2.38. The summed E-state index contributed by atoms with van der Waals surface area (Å²) in [7, 11) is -4.61. The zero-order chi connectivity index (χ0) is 33.4. The fourth-order valence-corrected chi connectivity index (χ4v) is 14.1. The van der Waals surface area contributed by atoms with E-state index in [-0.39, 0.29) is 16.7 Å². The van der Waals surface area contributed by atoms with Crippen LogP contribution in [-0.2, 0) is 4.43 Å². The van der Waals surface area contributed by atoms with Gasteiger partial charge in [0.2, 0.25) is 7.38 Å². The summed E-state index contributed by atoms with van der Waals surface area (Å²) < 4.78 is 6.60. The molecule has 45 heavy (non-hydrogen) atoms. The number of hydrazine groups is 2. The van der Waals surface area contributed by atoms with Crippen molar-refractivity contribution < 1.29 is 9.53 Å². The van der Waals surface area contributed by atoms with E-state index >= 15 is 0 Å². The molecule has 0 aliphatic rings. The predicted octanol–water partition coefficient (Wildman–Crippen LogP) is 4.25. The Kier molecular flexibility index (Phi) is 15.8. The molecular formula is C36H53ClN4O2Si2. The summed E-state index contributed by atoms with van der Waals surface area (Å²) in [5.41, 5.74) is 4.96. The molecule has 7 N–H and O–H groups in total. The molecule has 0 heterocycles. The molecule has 4 aromatic rings. The van der Waals surface area contributed by atoms with E-state index in [1.165, 1.54) is 20.7 Å². The van der Waals surface area contributed by atoms with Crippen molar-refractivity contribution in [2.75, 3.05) is 26.3 Å². The molecule has 4 aromatic carbocycles. The second-order valence-corrected chi connectivity index (χ2v) is 22.8. The van der Waals surface area contributed by atoms with E-state index in [1.54, 1.807) is 0 Å². The first-order valence-electron chi connectivity index (χ1n) is 15.4. The van der Waals surface area contributed by atoms with Gasteiger partial charge < -0.3 is 9.53 Å². The van der Waals surface area contributed by atoms with E-state index in [2.05, 4.69) is 162 Å². The highest BCUT2D eigenvalue weighted by Gasteiger charge is 2.50. The van der Waals surface area contributed by atoms with Gasteiger partial charge in [-0.25, -0.2) is 0 Å². The van der Waals surface area contributed by atoms with Crippen molar-refractivity contribution in [3.63, 3.8) is 0 Å². The van der Waals surface area contributed by atoms with E-state index < -0.39 is 15.7 Å². The van der Waals surface area contributed by atoms with Gasteiger partial charge in [0.05, 0.1) is 6.61 Å². The first-order valence-corrected chi connectivity index (χ1v) is 20.3. The van der Waals surface area contributed by atoms with Gasteiger partial charge in [0.15, 0.2) is 0 Å². The van der Waals surface area contributed by atoms with Crippen LogP contribution >= 0.6 is 11.1 Å². The van der Waals surface area contributed by atoms with Crippen LogP contribution < -0.4 is 43.3 Å². The Morgan fingerprint density at radius 1 is 0.578 bits per heavy atom. The second-order valence-electron chi connectivity index (χ2n) is 12.8. The van der Waals surface area contributed by atoms with Crippen LogP contribution in [0.2, 0.25) is 10.1 Å². The Bertz CT molecular complexity index is 1260. The number of hydrogen-bond acceptors (Lipinski definition) is 6. The molecule has 0 aliphatic carbocycles. The summed E-state index contributed by atoms with van der Waals surface area (Å²) in [5, 5.41) is 13.2. The largest absolute Gasteiger partial charge is 0.406 e. The molecule has 6 nitrogen and oxygen atoms in total. The van der Waals surface area contributed by atoms with Crippen molar-refractivity contribution in [2.24, 2.45) is 11.7 Å². The molecule has 0 amide bonds. The van der Waals surface area contributed by atoms with E-state index in [4.69, 9.17) is 32.3 Å². The molecule has 0 fully saturated rings. The van der Waals surface area contributed by atoms with Crippen LogP contribution in [-0.4, -0.2) is 47.1 Å². The van der Waals surface area contributed by atoms with Gasteiger partial charge in [-0.3, -0.25) is 22.5 Å². The third kappa shape index (κ3) is 10.2. The van der Waals surface area contributed by atoms with Crippen LogP contribution in [0.25, 0.3) is 0 Å². The van der Waals surface area contributed by atoms with Crippen molar-refractivity contribution >= 4 is 47.5 Å². The molecule has 0 bridgehead atoms. The fraction of sp³-hybridized carbons (Fsp3) is 0.333. The number of nitrogens with two attached hydrogens (primary N) is 2. The number of aliphatic hydroxyl groups excluding tert-OH is 1. The van der Waals surface area contributed by atoms with Gasteiger partial charge in [0.1, 0.15) is 0 Å². The van der Waals surface area contributed by atoms with Crippen LogP contribution in [0.1, 0.15) is 41.5 Å². The molecule has 0 saturated carbocycles.